The molecule has 0 spiro atoms. The highest BCUT2D eigenvalue weighted by Gasteiger charge is 2.16. The predicted octanol–water partition coefficient (Wildman–Crippen LogP) is 3.58. The smallest absolute Gasteiger partial charge is 0.262 e. The highest BCUT2D eigenvalue weighted by molar-refractivity contribution is 7.17. The Balaban J connectivity index is 2.01. The fraction of sp³-hybridized carbons (Fsp3) is 0.263. The number of nitrogens with zero attached hydrogens (tertiary/aromatic N) is 4. The lowest BCUT2D eigenvalue weighted by atomic mass is 10.0. The lowest BCUT2D eigenvalue weighted by molar-refractivity contribution is 0.415. The maximum absolute atomic E-state index is 13.0. The lowest BCUT2D eigenvalue weighted by Crippen LogP contribution is -2.24. The van der Waals surface area contributed by atoms with Gasteiger partial charge in [0.05, 0.1) is 36.9 Å². The Kier molecular flexibility index (Phi) is 5.31. The summed E-state index contributed by atoms with van der Waals surface area (Å²) < 4.78 is 6.64. The minimum Gasteiger partial charge on any atom is -0.497 e. The van der Waals surface area contributed by atoms with Gasteiger partial charge in [0.1, 0.15) is 10.6 Å². The minimum absolute atomic E-state index is 0.167. The summed E-state index contributed by atoms with van der Waals surface area (Å²) in [4.78, 5) is 18.0. The first kappa shape index (κ1) is 17.7. The van der Waals surface area contributed by atoms with E-state index >= 15 is 0 Å². The normalized spacial score (nSPS) is 11.7. The van der Waals surface area contributed by atoms with Crippen LogP contribution >= 0.6 is 11.3 Å². The summed E-state index contributed by atoms with van der Waals surface area (Å²) in [5.74, 6) is 0.354. The summed E-state index contributed by atoms with van der Waals surface area (Å²) in [5, 5.41) is 20.4. The number of aromatic nitrogens is 2. The SMILES string of the molecule is COc1ccc(-c2csc3ncn(C[C@@H](C#N)CCC#N)c(=O)c23)cc1. The van der Waals surface area contributed by atoms with Crippen LogP contribution in [0.2, 0.25) is 0 Å². The molecule has 0 saturated heterocycles. The topological polar surface area (TPSA) is 91.7 Å². The van der Waals surface area contributed by atoms with Crippen LogP contribution in [-0.4, -0.2) is 16.7 Å². The zero-order chi connectivity index (χ0) is 18.5. The zero-order valence-corrected chi connectivity index (χ0v) is 15.0. The van der Waals surface area contributed by atoms with Crippen LogP contribution in [0.5, 0.6) is 5.75 Å². The Morgan fingerprint density at radius 1 is 1.31 bits per heavy atom. The number of methoxy groups -OCH3 is 1. The monoisotopic (exact) mass is 364 g/mol. The largest absolute Gasteiger partial charge is 0.497 e. The molecule has 7 heteroatoms. The predicted molar refractivity (Wildman–Crippen MR) is 99.8 cm³/mol. The molecule has 0 fully saturated rings. The first-order valence-corrected chi connectivity index (χ1v) is 8.93. The van der Waals surface area contributed by atoms with Gasteiger partial charge in [-0.3, -0.25) is 9.36 Å². The number of fused-ring (bicyclic) bond motifs is 1. The Hall–Kier alpha value is -3.16. The van der Waals surface area contributed by atoms with Gasteiger partial charge in [0.25, 0.3) is 5.56 Å². The highest BCUT2D eigenvalue weighted by Crippen LogP contribution is 2.31. The zero-order valence-electron chi connectivity index (χ0n) is 14.2. The van der Waals surface area contributed by atoms with E-state index in [1.807, 2.05) is 35.7 Å². The highest BCUT2D eigenvalue weighted by atomic mass is 32.1. The molecule has 1 atom stereocenters. The third-order valence-corrected chi connectivity index (χ3v) is 5.05. The molecule has 0 radical (unpaired) electrons. The maximum atomic E-state index is 13.0. The van der Waals surface area contributed by atoms with Gasteiger partial charge in [-0.05, 0) is 24.1 Å². The van der Waals surface area contributed by atoms with Gasteiger partial charge in [-0.25, -0.2) is 4.98 Å². The van der Waals surface area contributed by atoms with E-state index in [2.05, 4.69) is 11.1 Å². The van der Waals surface area contributed by atoms with Gasteiger partial charge in [0.15, 0.2) is 0 Å². The Bertz CT molecular complexity index is 1050. The van der Waals surface area contributed by atoms with Crippen molar-refractivity contribution < 1.29 is 4.74 Å². The summed E-state index contributed by atoms with van der Waals surface area (Å²) in [6.07, 6.45) is 2.21. The van der Waals surface area contributed by atoms with E-state index in [-0.39, 0.29) is 18.5 Å². The number of hydrogen-bond acceptors (Lipinski definition) is 6. The minimum atomic E-state index is -0.394. The molecular formula is C19H16N4O2S. The Morgan fingerprint density at radius 3 is 2.73 bits per heavy atom. The Morgan fingerprint density at radius 2 is 2.08 bits per heavy atom. The van der Waals surface area contributed by atoms with Crippen molar-refractivity contribution in [2.24, 2.45) is 5.92 Å². The van der Waals surface area contributed by atoms with Gasteiger partial charge in [0.2, 0.25) is 0 Å². The van der Waals surface area contributed by atoms with Gasteiger partial charge in [0, 0.05) is 23.9 Å². The molecule has 1 aromatic carbocycles. The van der Waals surface area contributed by atoms with Crippen molar-refractivity contribution in [1.29, 1.82) is 10.5 Å². The third kappa shape index (κ3) is 3.44. The van der Waals surface area contributed by atoms with Crippen LogP contribution in [0.25, 0.3) is 21.3 Å². The van der Waals surface area contributed by atoms with Crippen LogP contribution in [0.15, 0.2) is 40.8 Å². The second-order valence-electron chi connectivity index (χ2n) is 5.78. The van der Waals surface area contributed by atoms with E-state index in [0.29, 0.717) is 16.6 Å². The summed E-state index contributed by atoms with van der Waals surface area (Å²) in [6.45, 7) is 0.234. The van der Waals surface area contributed by atoms with Gasteiger partial charge in [-0.1, -0.05) is 12.1 Å². The quantitative estimate of drug-likeness (QED) is 0.667. The van der Waals surface area contributed by atoms with E-state index in [0.717, 1.165) is 16.9 Å². The van der Waals surface area contributed by atoms with Crippen molar-refractivity contribution in [1.82, 2.24) is 9.55 Å². The molecule has 0 N–H and O–H groups in total. The average molecular weight is 364 g/mol. The number of rotatable bonds is 6. The summed E-state index contributed by atoms with van der Waals surface area (Å²) in [7, 11) is 1.61. The summed E-state index contributed by atoms with van der Waals surface area (Å²) in [6, 6.07) is 11.7. The lowest BCUT2D eigenvalue weighted by Gasteiger charge is -2.10. The maximum Gasteiger partial charge on any atom is 0.262 e. The average Bonchev–Trinajstić information content (AvgIpc) is 3.11. The molecule has 0 aliphatic heterocycles. The number of ether oxygens (including phenoxy) is 1. The Labute approximate surface area is 154 Å². The van der Waals surface area contributed by atoms with Crippen LogP contribution in [0.3, 0.4) is 0 Å². The van der Waals surface area contributed by atoms with Crippen LogP contribution in [0, 0.1) is 28.6 Å². The van der Waals surface area contributed by atoms with E-state index in [1.165, 1.54) is 22.2 Å². The molecule has 0 saturated carbocycles. The molecule has 6 nitrogen and oxygen atoms in total. The second-order valence-corrected chi connectivity index (χ2v) is 6.64. The first-order chi connectivity index (χ1) is 12.7. The molecule has 0 bridgehead atoms. The number of benzene rings is 1. The van der Waals surface area contributed by atoms with Gasteiger partial charge >= 0.3 is 0 Å². The number of hydrogen-bond donors (Lipinski definition) is 0. The summed E-state index contributed by atoms with van der Waals surface area (Å²) in [5.41, 5.74) is 1.57. The number of nitriles is 2. The standard InChI is InChI=1S/C19H16N4O2S/c1-25-15-6-4-14(5-7-15)16-11-26-18-17(16)19(24)23(12-22-18)10-13(9-21)3-2-8-20/h4-7,11-13H,2-3,10H2,1H3/t13-/m1/s1. The molecular weight excluding hydrogens is 348 g/mol. The molecule has 0 aliphatic rings. The molecule has 2 aromatic heterocycles. The van der Waals surface area contributed by atoms with Crippen molar-refractivity contribution in [2.75, 3.05) is 7.11 Å². The van der Waals surface area contributed by atoms with Crippen LogP contribution in [0.1, 0.15) is 12.8 Å². The molecule has 3 aromatic rings. The van der Waals surface area contributed by atoms with Gasteiger partial charge in [-0.2, -0.15) is 10.5 Å². The summed E-state index contributed by atoms with van der Waals surface area (Å²) >= 11 is 1.42. The fourth-order valence-corrected chi connectivity index (χ4v) is 3.66. The molecule has 0 amide bonds. The van der Waals surface area contributed by atoms with Crippen LogP contribution in [-0.2, 0) is 6.54 Å². The van der Waals surface area contributed by atoms with E-state index < -0.39 is 5.92 Å². The van der Waals surface area contributed by atoms with Gasteiger partial charge < -0.3 is 4.74 Å². The van der Waals surface area contributed by atoms with Crippen molar-refractivity contribution >= 4 is 21.6 Å². The van der Waals surface area contributed by atoms with E-state index in [1.54, 1.807) is 7.11 Å². The van der Waals surface area contributed by atoms with Crippen molar-refractivity contribution in [2.45, 2.75) is 19.4 Å². The van der Waals surface area contributed by atoms with Crippen LogP contribution < -0.4 is 10.3 Å². The van der Waals surface area contributed by atoms with Crippen molar-refractivity contribution in [3.8, 4) is 29.0 Å². The molecule has 26 heavy (non-hydrogen) atoms. The first-order valence-electron chi connectivity index (χ1n) is 8.05. The van der Waals surface area contributed by atoms with E-state index in [4.69, 9.17) is 10.00 Å². The van der Waals surface area contributed by atoms with Crippen molar-refractivity contribution in [3.05, 3.63) is 46.3 Å². The fourth-order valence-electron chi connectivity index (χ4n) is 2.75. The van der Waals surface area contributed by atoms with Crippen LogP contribution in [0.4, 0.5) is 0 Å². The van der Waals surface area contributed by atoms with Gasteiger partial charge in [-0.15, -0.1) is 11.3 Å². The molecule has 0 aliphatic carbocycles. The molecule has 3 rings (SSSR count). The second kappa shape index (κ2) is 7.81. The third-order valence-electron chi connectivity index (χ3n) is 4.17. The molecule has 130 valence electrons. The van der Waals surface area contributed by atoms with Crippen molar-refractivity contribution in [3.63, 3.8) is 0 Å². The molecule has 0 unspecified atom stereocenters. The van der Waals surface area contributed by atoms with E-state index in [9.17, 15) is 10.1 Å². The number of thiophene rings is 1. The molecule has 2 heterocycles.